The molecule has 1 saturated heterocycles. The van der Waals surface area contributed by atoms with Crippen molar-refractivity contribution in [3.05, 3.63) is 0 Å². The summed E-state index contributed by atoms with van der Waals surface area (Å²) in [6.07, 6.45) is -5.26. The van der Waals surface area contributed by atoms with Gasteiger partial charge in [0.05, 0.1) is 12.6 Å². The van der Waals surface area contributed by atoms with E-state index in [2.05, 4.69) is 0 Å². The van der Waals surface area contributed by atoms with E-state index in [0.717, 1.165) is 0 Å². The highest BCUT2D eigenvalue weighted by Crippen LogP contribution is 2.38. The quantitative estimate of drug-likeness (QED) is 0.651. The smallest absolute Gasteiger partial charge is 0.380 e. The monoisotopic (exact) mass is 208 g/mol. The topological polar surface area (TPSA) is 47.3 Å². The summed E-state index contributed by atoms with van der Waals surface area (Å²) in [4.78, 5) is 1.60. The van der Waals surface area contributed by atoms with Crippen molar-refractivity contribution >= 4 is 0 Å². The minimum Gasteiger partial charge on any atom is -0.380 e. The van der Waals surface area contributed by atoms with Crippen LogP contribution in [0.25, 0.3) is 0 Å². The van der Waals surface area contributed by atoms with Crippen LogP contribution in [0.1, 0.15) is 12.8 Å². The Morgan fingerprint density at radius 3 is 2.21 bits per heavy atom. The van der Waals surface area contributed by atoms with E-state index < -0.39 is 11.8 Å². The second-order valence-corrected chi connectivity index (χ2v) is 3.46. The van der Waals surface area contributed by atoms with Crippen LogP contribution in [0.2, 0.25) is 0 Å². The second-order valence-electron chi connectivity index (χ2n) is 3.46. The van der Waals surface area contributed by atoms with E-state index in [9.17, 15) is 18.3 Å². The van der Waals surface area contributed by atoms with E-state index in [4.69, 9.17) is 5.26 Å². The van der Waals surface area contributed by atoms with Gasteiger partial charge in [-0.2, -0.15) is 18.4 Å². The zero-order valence-electron chi connectivity index (χ0n) is 7.51. The Balaban J connectivity index is 2.54. The molecule has 1 aliphatic rings. The van der Waals surface area contributed by atoms with Crippen LogP contribution in [0.4, 0.5) is 13.2 Å². The number of nitrogens with zero attached hydrogens (tertiary/aromatic N) is 2. The summed E-state index contributed by atoms with van der Waals surface area (Å²) in [6.45, 7) is 0.348. The van der Waals surface area contributed by atoms with E-state index in [1.807, 2.05) is 6.07 Å². The molecule has 0 spiro atoms. The number of piperidine rings is 1. The molecule has 0 saturated carbocycles. The summed E-state index contributed by atoms with van der Waals surface area (Å²) in [5.41, 5.74) is -2.56. The summed E-state index contributed by atoms with van der Waals surface area (Å²) < 4.78 is 36.9. The van der Waals surface area contributed by atoms with Gasteiger partial charge in [-0.05, 0) is 12.8 Å². The lowest BCUT2D eigenvalue weighted by Gasteiger charge is -2.38. The van der Waals surface area contributed by atoms with Gasteiger partial charge in [-0.3, -0.25) is 4.90 Å². The van der Waals surface area contributed by atoms with E-state index >= 15 is 0 Å². The Kier molecular flexibility index (Phi) is 3.02. The van der Waals surface area contributed by atoms with Gasteiger partial charge in [0.15, 0.2) is 5.60 Å². The number of hydrogen-bond donors (Lipinski definition) is 1. The normalized spacial score (nSPS) is 23.1. The molecule has 80 valence electrons. The van der Waals surface area contributed by atoms with Crippen molar-refractivity contribution in [1.29, 1.82) is 5.26 Å². The fourth-order valence-corrected chi connectivity index (χ4v) is 1.46. The Labute approximate surface area is 79.7 Å². The third-order valence-corrected chi connectivity index (χ3v) is 2.51. The lowest BCUT2D eigenvalue weighted by Crippen LogP contribution is -2.53. The van der Waals surface area contributed by atoms with E-state index in [-0.39, 0.29) is 32.5 Å². The molecule has 1 rings (SSSR count). The van der Waals surface area contributed by atoms with Gasteiger partial charge in [0.1, 0.15) is 0 Å². The van der Waals surface area contributed by atoms with Gasteiger partial charge in [0.2, 0.25) is 0 Å². The highest BCUT2D eigenvalue weighted by atomic mass is 19.4. The van der Waals surface area contributed by atoms with Crippen molar-refractivity contribution in [3.8, 4) is 6.07 Å². The number of likely N-dealkylation sites (tertiary alicyclic amines) is 1. The molecule has 0 aromatic carbocycles. The summed E-state index contributed by atoms with van der Waals surface area (Å²) in [5.74, 6) is 0. The molecule has 0 bridgehead atoms. The van der Waals surface area contributed by atoms with Crippen LogP contribution in [-0.2, 0) is 0 Å². The molecule has 0 unspecified atom stereocenters. The second kappa shape index (κ2) is 3.75. The number of hydrogen-bond acceptors (Lipinski definition) is 3. The third kappa shape index (κ3) is 2.16. The Morgan fingerprint density at radius 1 is 1.36 bits per heavy atom. The zero-order chi connectivity index (χ0) is 10.8. The molecule has 1 fully saturated rings. The maximum Gasteiger partial charge on any atom is 0.417 e. The van der Waals surface area contributed by atoms with Crippen molar-refractivity contribution in [2.24, 2.45) is 0 Å². The standard InChI is InChI=1S/C8H11F3N2O/c9-8(10,11)7(14)1-4-13(5-2-7)6-3-12/h14H,1-2,4-6H2. The summed E-state index contributed by atoms with van der Waals surface area (Å²) in [5, 5.41) is 17.6. The lowest BCUT2D eigenvalue weighted by atomic mass is 9.91. The lowest BCUT2D eigenvalue weighted by molar-refractivity contribution is -0.272. The van der Waals surface area contributed by atoms with Crippen LogP contribution in [0, 0.1) is 11.3 Å². The van der Waals surface area contributed by atoms with Crippen molar-refractivity contribution < 1.29 is 18.3 Å². The van der Waals surface area contributed by atoms with E-state index in [0.29, 0.717) is 0 Å². The minimum atomic E-state index is -4.56. The number of rotatable bonds is 1. The Bertz CT molecular complexity index is 238. The van der Waals surface area contributed by atoms with Crippen molar-refractivity contribution in [3.63, 3.8) is 0 Å². The fraction of sp³-hybridized carbons (Fsp3) is 0.875. The van der Waals surface area contributed by atoms with Crippen LogP contribution >= 0.6 is 0 Å². The minimum absolute atomic E-state index is 0.115. The average Bonchev–Trinajstić information content (AvgIpc) is 2.08. The molecule has 0 aliphatic carbocycles. The molecule has 1 aliphatic heterocycles. The van der Waals surface area contributed by atoms with Gasteiger partial charge < -0.3 is 5.11 Å². The molecule has 1 N–H and O–H groups in total. The molecule has 1 heterocycles. The van der Waals surface area contributed by atoms with Crippen LogP contribution in [0.15, 0.2) is 0 Å². The summed E-state index contributed by atoms with van der Waals surface area (Å²) >= 11 is 0. The van der Waals surface area contributed by atoms with Gasteiger partial charge >= 0.3 is 6.18 Å². The fourth-order valence-electron chi connectivity index (χ4n) is 1.46. The first-order valence-electron chi connectivity index (χ1n) is 4.27. The van der Waals surface area contributed by atoms with Gasteiger partial charge in [0, 0.05) is 13.1 Å². The maximum atomic E-state index is 12.3. The maximum absolute atomic E-state index is 12.3. The summed E-state index contributed by atoms with van der Waals surface area (Å²) in [7, 11) is 0. The average molecular weight is 208 g/mol. The van der Waals surface area contributed by atoms with Gasteiger partial charge in [0.25, 0.3) is 0 Å². The number of halogens is 3. The highest BCUT2D eigenvalue weighted by Gasteiger charge is 2.54. The largest absolute Gasteiger partial charge is 0.417 e. The molecule has 0 amide bonds. The third-order valence-electron chi connectivity index (χ3n) is 2.51. The molecule has 6 heteroatoms. The Morgan fingerprint density at radius 2 is 1.86 bits per heavy atom. The number of alkyl halides is 3. The van der Waals surface area contributed by atoms with Crippen molar-refractivity contribution in [1.82, 2.24) is 4.90 Å². The highest BCUT2D eigenvalue weighted by molar-refractivity contribution is 4.93. The van der Waals surface area contributed by atoms with Crippen molar-refractivity contribution in [2.45, 2.75) is 24.6 Å². The van der Waals surface area contributed by atoms with Crippen LogP contribution in [-0.4, -0.2) is 41.4 Å². The molecule has 0 atom stereocenters. The molecule has 3 nitrogen and oxygen atoms in total. The Hall–Kier alpha value is -0.800. The van der Waals surface area contributed by atoms with E-state index in [1.165, 1.54) is 0 Å². The predicted octanol–water partition coefficient (Wildman–Crippen LogP) is 0.899. The zero-order valence-corrected chi connectivity index (χ0v) is 7.51. The van der Waals surface area contributed by atoms with Crippen molar-refractivity contribution in [2.75, 3.05) is 19.6 Å². The molecule has 14 heavy (non-hydrogen) atoms. The van der Waals surface area contributed by atoms with Gasteiger partial charge in [-0.1, -0.05) is 0 Å². The van der Waals surface area contributed by atoms with Gasteiger partial charge in [-0.15, -0.1) is 0 Å². The molecule has 0 aromatic rings. The number of nitriles is 1. The summed E-state index contributed by atoms with van der Waals surface area (Å²) in [6, 6.07) is 1.87. The molecule has 0 aromatic heterocycles. The first-order chi connectivity index (χ1) is 6.39. The van der Waals surface area contributed by atoms with E-state index in [1.54, 1.807) is 4.90 Å². The van der Waals surface area contributed by atoms with Gasteiger partial charge in [-0.25, -0.2) is 0 Å². The molecular formula is C8H11F3N2O. The molecular weight excluding hydrogens is 197 g/mol. The van der Waals surface area contributed by atoms with Crippen LogP contribution in [0.5, 0.6) is 0 Å². The van der Waals surface area contributed by atoms with Crippen LogP contribution in [0.3, 0.4) is 0 Å². The molecule has 0 radical (unpaired) electrons. The SMILES string of the molecule is N#CCN1CCC(O)(C(F)(F)F)CC1. The van der Waals surface area contributed by atoms with Crippen LogP contribution < -0.4 is 0 Å². The number of aliphatic hydroxyl groups is 1. The first-order valence-corrected chi connectivity index (χ1v) is 4.27. The first kappa shape index (κ1) is 11.3. The predicted molar refractivity (Wildman–Crippen MR) is 42.3 cm³/mol.